The van der Waals surface area contributed by atoms with Gasteiger partial charge in [-0.1, -0.05) is 62.9 Å². The van der Waals surface area contributed by atoms with Gasteiger partial charge in [0.2, 0.25) is 0 Å². The number of ether oxygens (including phenoxy) is 2. The van der Waals surface area contributed by atoms with Gasteiger partial charge in [-0.3, -0.25) is 0 Å². The Bertz CT molecular complexity index is 842. The van der Waals surface area contributed by atoms with Crippen LogP contribution in [0.2, 0.25) is 0 Å². The average Bonchev–Trinajstić information content (AvgIpc) is 2.84. The molecule has 0 aliphatic heterocycles. The fraction of sp³-hybridized carbons (Fsp3) is 0.481. The smallest absolute Gasteiger partial charge is 0.333 e. The number of amides is 2. The van der Waals surface area contributed by atoms with E-state index in [1.807, 2.05) is 54.6 Å². The Balaban J connectivity index is 1.87. The molecule has 2 rings (SSSR count). The van der Waals surface area contributed by atoms with Crippen LogP contribution >= 0.6 is 0 Å². The van der Waals surface area contributed by atoms with Crippen molar-refractivity contribution in [3.63, 3.8) is 0 Å². The van der Waals surface area contributed by atoms with E-state index < -0.39 is 12.1 Å². The van der Waals surface area contributed by atoms with E-state index in [1.54, 1.807) is 11.8 Å². The number of carboxylic acid groups (broad SMARTS) is 1. The van der Waals surface area contributed by atoms with Crippen LogP contribution in [0.3, 0.4) is 0 Å². The normalized spacial score (nSPS) is 11.6. The quantitative estimate of drug-likeness (QED) is 0.312. The number of nitrogens with zero attached hydrogens (tertiary/aromatic N) is 1. The van der Waals surface area contributed by atoms with E-state index in [0.717, 1.165) is 24.1 Å². The standard InChI is InChI=1S/C27H38N2O5/c1-3-5-6-7-11-18-29(27(32)28-23-12-9-8-10-13-23)19-20-34-24-16-14-22(15-17-24)21-25(26(30)31)33-4-2/h8-10,12-17,25H,3-7,11,18-21H2,1-2H3,(H,28,32)(H,30,31). The van der Waals surface area contributed by atoms with Gasteiger partial charge in [0.25, 0.3) is 0 Å². The van der Waals surface area contributed by atoms with Crippen molar-refractivity contribution < 1.29 is 24.2 Å². The van der Waals surface area contributed by atoms with Gasteiger partial charge in [0.15, 0.2) is 6.10 Å². The molecule has 0 aliphatic rings. The van der Waals surface area contributed by atoms with Crippen LogP contribution in [0.1, 0.15) is 51.5 Å². The van der Waals surface area contributed by atoms with Crippen molar-refractivity contribution in [2.24, 2.45) is 0 Å². The number of para-hydroxylation sites is 1. The summed E-state index contributed by atoms with van der Waals surface area (Å²) in [6, 6.07) is 16.6. The van der Waals surface area contributed by atoms with Crippen LogP contribution < -0.4 is 10.1 Å². The van der Waals surface area contributed by atoms with E-state index in [2.05, 4.69) is 12.2 Å². The summed E-state index contributed by atoms with van der Waals surface area (Å²) in [6.45, 7) is 5.84. The second-order valence-electron chi connectivity index (χ2n) is 8.18. The van der Waals surface area contributed by atoms with Crippen LogP contribution in [0.4, 0.5) is 10.5 Å². The summed E-state index contributed by atoms with van der Waals surface area (Å²) in [4.78, 5) is 25.9. The van der Waals surface area contributed by atoms with E-state index >= 15 is 0 Å². The van der Waals surface area contributed by atoms with Gasteiger partial charge in [0.1, 0.15) is 12.4 Å². The number of rotatable bonds is 16. The first-order valence-electron chi connectivity index (χ1n) is 12.2. The fourth-order valence-corrected chi connectivity index (χ4v) is 3.57. The molecule has 2 aromatic carbocycles. The van der Waals surface area contributed by atoms with Crippen molar-refractivity contribution in [1.29, 1.82) is 0 Å². The van der Waals surface area contributed by atoms with Gasteiger partial charge in [-0.05, 0) is 43.2 Å². The van der Waals surface area contributed by atoms with Crippen LogP contribution in [0.5, 0.6) is 5.75 Å². The lowest BCUT2D eigenvalue weighted by Crippen LogP contribution is -2.38. The number of hydrogen-bond donors (Lipinski definition) is 2. The first-order chi connectivity index (χ1) is 16.5. The molecule has 2 N–H and O–H groups in total. The third kappa shape index (κ3) is 10.3. The summed E-state index contributed by atoms with van der Waals surface area (Å²) >= 11 is 0. The molecule has 0 saturated heterocycles. The molecule has 1 unspecified atom stereocenters. The van der Waals surface area contributed by atoms with Crippen molar-refractivity contribution >= 4 is 17.7 Å². The molecule has 0 aliphatic carbocycles. The molecular weight excluding hydrogens is 432 g/mol. The Morgan fingerprint density at radius 3 is 2.29 bits per heavy atom. The van der Waals surface area contributed by atoms with Crippen LogP contribution in [-0.4, -0.2) is 54.4 Å². The molecular formula is C27H38N2O5. The molecule has 2 aromatic rings. The molecule has 7 heteroatoms. The summed E-state index contributed by atoms with van der Waals surface area (Å²) in [7, 11) is 0. The van der Waals surface area contributed by atoms with E-state index in [-0.39, 0.29) is 6.03 Å². The number of unbranched alkanes of at least 4 members (excludes halogenated alkanes) is 4. The third-order valence-electron chi connectivity index (χ3n) is 5.46. The van der Waals surface area contributed by atoms with Gasteiger partial charge in [-0.15, -0.1) is 0 Å². The maximum Gasteiger partial charge on any atom is 0.333 e. The first kappa shape index (κ1) is 27.2. The molecule has 0 radical (unpaired) electrons. The van der Waals surface area contributed by atoms with Crippen molar-refractivity contribution in [2.75, 3.05) is 31.6 Å². The monoisotopic (exact) mass is 470 g/mol. The number of anilines is 1. The Morgan fingerprint density at radius 2 is 1.65 bits per heavy atom. The topological polar surface area (TPSA) is 88.1 Å². The molecule has 186 valence electrons. The van der Waals surface area contributed by atoms with E-state index in [4.69, 9.17) is 9.47 Å². The SMILES string of the molecule is CCCCCCCN(CCOc1ccc(CC(OCC)C(=O)O)cc1)C(=O)Nc1ccccc1. The maximum absolute atomic E-state index is 12.8. The minimum atomic E-state index is -0.967. The summed E-state index contributed by atoms with van der Waals surface area (Å²) < 4.78 is 11.1. The highest BCUT2D eigenvalue weighted by Crippen LogP contribution is 2.15. The highest BCUT2D eigenvalue weighted by molar-refractivity contribution is 5.89. The Hall–Kier alpha value is -3.06. The predicted molar refractivity (Wildman–Crippen MR) is 134 cm³/mol. The summed E-state index contributed by atoms with van der Waals surface area (Å²) in [5.74, 6) is -0.288. The lowest BCUT2D eigenvalue weighted by atomic mass is 10.1. The minimum Gasteiger partial charge on any atom is -0.492 e. The van der Waals surface area contributed by atoms with E-state index in [1.165, 1.54) is 19.3 Å². The number of carbonyl (C=O) groups is 2. The number of urea groups is 1. The Labute approximate surface area is 203 Å². The molecule has 0 saturated carbocycles. The van der Waals surface area contributed by atoms with Crippen molar-refractivity contribution in [3.8, 4) is 5.75 Å². The Kier molecular flexibility index (Phi) is 12.6. The highest BCUT2D eigenvalue weighted by Gasteiger charge is 2.18. The van der Waals surface area contributed by atoms with Gasteiger partial charge in [0.05, 0.1) is 6.54 Å². The van der Waals surface area contributed by atoms with Gasteiger partial charge in [-0.2, -0.15) is 0 Å². The number of hydrogen-bond acceptors (Lipinski definition) is 4. The number of benzene rings is 2. The van der Waals surface area contributed by atoms with Crippen LogP contribution in [0.25, 0.3) is 0 Å². The fourth-order valence-electron chi connectivity index (χ4n) is 3.57. The molecule has 1 atom stereocenters. The zero-order chi connectivity index (χ0) is 24.6. The van der Waals surface area contributed by atoms with Crippen LogP contribution in [-0.2, 0) is 16.0 Å². The second kappa shape index (κ2) is 15.7. The maximum atomic E-state index is 12.8. The molecule has 0 spiro atoms. The van der Waals surface area contributed by atoms with E-state index in [9.17, 15) is 14.7 Å². The highest BCUT2D eigenvalue weighted by atomic mass is 16.5. The number of carboxylic acids is 1. The molecule has 7 nitrogen and oxygen atoms in total. The summed E-state index contributed by atoms with van der Waals surface area (Å²) in [5.41, 5.74) is 1.64. The number of aliphatic carboxylic acids is 1. The lowest BCUT2D eigenvalue weighted by Gasteiger charge is -2.23. The van der Waals surface area contributed by atoms with Crippen LogP contribution in [0, 0.1) is 0 Å². The van der Waals surface area contributed by atoms with Gasteiger partial charge >= 0.3 is 12.0 Å². The molecule has 2 amide bonds. The van der Waals surface area contributed by atoms with Crippen molar-refractivity contribution in [3.05, 3.63) is 60.2 Å². The number of carbonyl (C=O) groups excluding carboxylic acids is 1. The zero-order valence-electron chi connectivity index (χ0n) is 20.4. The molecule has 0 aromatic heterocycles. The van der Waals surface area contributed by atoms with Crippen molar-refractivity contribution in [1.82, 2.24) is 4.90 Å². The first-order valence-corrected chi connectivity index (χ1v) is 12.2. The molecule has 0 bridgehead atoms. The lowest BCUT2D eigenvalue weighted by molar-refractivity contribution is -0.149. The van der Waals surface area contributed by atoms with Gasteiger partial charge < -0.3 is 24.8 Å². The van der Waals surface area contributed by atoms with Gasteiger partial charge in [-0.25, -0.2) is 9.59 Å². The third-order valence-corrected chi connectivity index (χ3v) is 5.46. The summed E-state index contributed by atoms with van der Waals surface area (Å²) in [6.07, 6.45) is 5.09. The zero-order valence-corrected chi connectivity index (χ0v) is 20.4. The predicted octanol–water partition coefficient (Wildman–Crippen LogP) is 5.60. The molecule has 34 heavy (non-hydrogen) atoms. The van der Waals surface area contributed by atoms with Gasteiger partial charge in [0, 0.05) is 25.3 Å². The van der Waals surface area contributed by atoms with Crippen molar-refractivity contribution in [2.45, 2.75) is 58.5 Å². The second-order valence-corrected chi connectivity index (χ2v) is 8.18. The molecule has 0 fully saturated rings. The Morgan fingerprint density at radius 1 is 0.941 bits per heavy atom. The summed E-state index contributed by atoms with van der Waals surface area (Å²) in [5, 5.41) is 12.2. The minimum absolute atomic E-state index is 0.128. The number of nitrogens with one attached hydrogen (secondary N) is 1. The largest absolute Gasteiger partial charge is 0.492 e. The van der Waals surface area contributed by atoms with E-state index in [0.29, 0.717) is 38.5 Å². The van der Waals surface area contributed by atoms with Crippen LogP contribution in [0.15, 0.2) is 54.6 Å². The average molecular weight is 471 g/mol. The molecule has 0 heterocycles.